The Balaban J connectivity index is 2.18. The van der Waals surface area contributed by atoms with Crippen molar-refractivity contribution in [1.29, 1.82) is 5.26 Å². The molecule has 1 N–H and O–H groups in total. The molecule has 0 aromatic carbocycles. The van der Waals surface area contributed by atoms with Gasteiger partial charge in [0.05, 0.1) is 13.2 Å². The number of hydrogen-bond donors (Lipinski definition) is 1. The molecule has 106 valence electrons. The van der Waals surface area contributed by atoms with Crippen molar-refractivity contribution in [3.63, 3.8) is 0 Å². The van der Waals surface area contributed by atoms with E-state index in [4.69, 9.17) is 14.7 Å². The van der Waals surface area contributed by atoms with Crippen molar-refractivity contribution in [2.24, 2.45) is 7.05 Å². The van der Waals surface area contributed by atoms with E-state index in [0.717, 1.165) is 31.8 Å². The van der Waals surface area contributed by atoms with Crippen LogP contribution in [0.15, 0.2) is 6.07 Å². The minimum absolute atomic E-state index is 0.646. The third-order valence-electron chi connectivity index (χ3n) is 3.14. The molecule has 5 nitrogen and oxygen atoms in total. The third kappa shape index (κ3) is 5.03. The van der Waals surface area contributed by atoms with E-state index in [2.05, 4.69) is 11.4 Å². The zero-order valence-corrected chi connectivity index (χ0v) is 12.0. The first-order valence-electron chi connectivity index (χ1n) is 6.53. The minimum atomic E-state index is 0.646. The molecule has 5 heteroatoms. The number of nitrogens with zero attached hydrogens (tertiary/aromatic N) is 2. The Hall–Kier alpha value is -1.35. The molecule has 1 heterocycles. The Morgan fingerprint density at radius 1 is 1.37 bits per heavy atom. The number of hydrogen-bond acceptors (Lipinski definition) is 4. The molecule has 1 aromatic heterocycles. The van der Waals surface area contributed by atoms with Crippen molar-refractivity contribution >= 4 is 0 Å². The van der Waals surface area contributed by atoms with Crippen LogP contribution in [-0.2, 0) is 23.1 Å². The number of methoxy groups -OCH3 is 1. The summed E-state index contributed by atoms with van der Waals surface area (Å²) in [5.41, 5.74) is 3.02. The molecule has 1 aromatic rings. The van der Waals surface area contributed by atoms with E-state index < -0.39 is 0 Å². The molecule has 0 saturated carbocycles. The second-order valence-corrected chi connectivity index (χ2v) is 4.45. The maximum Gasteiger partial charge on any atom is 0.120 e. The quantitative estimate of drug-likeness (QED) is 0.685. The zero-order chi connectivity index (χ0) is 14.1. The number of nitriles is 1. The van der Waals surface area contributed by atoms with Gasteiger partial charge >= 0.3 is 0 Å². The molecule has 0 bridgehead atoms. The smallest absolute Gasteiger partial charge is 0.120 e. The van der Waals surface area contributed by atoms with Gasteiger partial charge < -0.3 is 19.4 Å². The van der Waals surface area contributed by atoms with Gasteiger partial charge in [0.25, 0.3) is 0 Å². The molecule has 0 aliphatic carbocycles. The highest BCUT2D eigenvalue weighted by atomic mass is 16.5. The Kier molecular flexibility index (Phi) is 7.19. The van der Waals surface area contributed by atoms with Gasteiger partial charge in [-0.3, -0.25) is 0 Å². The first-order valence-corrected chi connectivity index (χ1v) is 6.53. The maximum atomic E-state index is 8.95. The van der Waals surface area contributed by atoms with Crippen LogP contribution < -0.4 is 5.32 Å². The number of rotatable bonds is 9. The zero-order valence-electron chi connectivity index (χ0n) is 12.0. The van der Waals surface area contributed by atoms with E-state index in [-0.39, 0.29) is 0 Å². The first-order chi connectivity index (χ1) is 9.20. The summed E-state index contributed by atoms with van der Waals surface area (Å²) >= 11 is 0. The van der Waals surface area contributed by atoms with Crippen LogP contribution in [-0.4, -0.2) is 38.0 Å². The van der Waals surface area contributed by atoms with Crippen LogP contribution in [0.25, 0.3) is 0 Å². The average Bonchev–Trinajstić information content (AvgIpc) is 2.69. The van der Waals surface area contributed by atoms with Crippen molar-refractivity contribution in [2.45, 2.75) is 19.9 Å². The molecule has 0 aliphatic heterocycles. The van der Waals surface area contributed by atoms with Crippen molar-refractivity contribution in [2.75, 3.05) is 33.5 Å². The van der Waals surface area contributed by atoms with Gasteiger partial charge in [-0.15, -0.1) is 0 Å². The summed E-state index contributed by atoms with van der Waals surface area (Å²) in [5, 5.41) is 12.3. The lowest BCUT2D eigenvalue weighted by atomic mass is 10.2. The van der Waals surface area contributed by atoms with Crippen LogP contribution in [0.4, 0.5) is 0 Å². The summed E-state index contributed by atoms with van der Waals surface area (Å²) in [6, 6.07) is 4.13. The Morgan fingerprint density at radius 3 is 2.79 bits per heavy atom. The van der Waals surface area contributed by atoms with Crippen LogP contribution >= 0.6 is 0 Å². The van der Waals surface area contributed by atoms with Gasteiger partial charge in [0, 0.05) is 33.0 Å². The van der Waals surface area contributed by atoms with Gasteiger partial charge in [-0.1, -0.05) is 0 Å². The fraction of sp³-hybridized carbons (Fsp3) is 0.643. The van der Waals surface area contributed by atoms with Crippen LogP contribution in [0.3, 0.4) is 0 Å². The van der Waals surface area contributed by atoms with Crippen molar-refractivity contribution < 1.29 is 9.47 Å². The number of ether oxygens (including phenoxy) is 2. The number of nitrogens with one attached hydrogen (secondary N) is 1. The lowest BCUT2D eigenvalue weighted by molar-refractivity contribution is 0.0695. The number of aromatic nitrogens is 1. The monoisotopic (exact) mass is 265 g/mol. The summed E-state index contributed by atoms with van der Waals surface area (Å²) in [5.74, 6) is 0. The molecular weight excluding hydrogens is 242 g/mol. The fourth-order valence-corrected chi connectivity index (χ4v) is 1.82. The van der Waals surface area contributed by atoms with Crippen LogP contribution in [0.5, 0.6) is 0 Å². The molecule has 0 unspecified atom stereocenters. The standard InChI is InChI=1S/C14H23N3O2/c1-12-13(9-14(10-15)17(12)2)11-16-5-4-6-19-8-7-18-3/h9,16H,4-8,11H2,1-3H3. The van der Waals surface area contributed by atoms with Crippen LogP contribution in [0, 0.1) is 18.3 Å². The molecule has 0 aliphatic rings. The molecule has 0 spiro atoms. The highest BCUT2D eigenvalue weighted by Crippen LogP contribution is 2.12. The Morgan fingerprint density at radius 2 is 2.16 bits per heavy atom. The topological polar surface area (TPSA) is 59.2 Å². The van der Waals surface area contributed by atoms with Gasteiger partial charge in [-0.05, 0) is 31.5 Å². The fourth-order valence-electron chi connectivity index (χ4n) is 1.82. The summed E-state index contributed by atoms with van der Waals surface area (Å²) in [6.07, 6.45) is 0.973. The Labute approximate surface area is 115 Å². The van der Waals surface area contributed by atoms with Crippen LogP contribution in [0.2, 0.25) is 0 Å². The second-order valence-electron chi connectivity index (χ2n) is 4.45. The molecule has 0 radical (unpaired) electrons. The van der Waals surface area contributed by atoms with Gasteiger partial charge in [-0.2, -0.15) is 5.26 Å². The molecule has 19 heavy (non-hydrogen) atoms. The summed E-state index contributed by atoms with van der Waals surface area (Å²) in [4.78, 5) is 0. The summed E-state index contributed by atoms with van der Waals surface area (Å²) < 4.78 is 12.2. The van der Waals surface area contributed by atoms with E-state index in [1.165, 1.54) is 5.56 Å². The van der Waals surface area contributed by atoms with Crippen molar-refractivity contribution in [3.05, 3.63) is 23.0 Å². The predicted molar refractivity (Wildman–Crippen MR) is 73.9 cm³/mol. The predicted octanol–water partition coefficient (Wildman–Crippen LogP) is 1.35. The van der Waals surface area contributed by atoms with Gasteiger partial charge in [0.15, 0.2) is 0 Å². The highest BCUT2D eigenvalue weighted by molar-refractivity contribution is 5.33. The summed E-state index contributed by atoms with van der Waals surface area (Å²) in [6.45, 7) is 5.77. The first kappa shape index (κ1) is 15.7. The molecule has 1 rings (SSSR count). The van der Waals surface area contributed by atoms with Crippen molar-refractivity contribution in [1.82, 2.24) is 9.88 Å². The lowest BCUT2D eigenvalue weighted by Gasteiger charge is -2.06. The van der Waals surface area contributed by atoms with Gasteiger partial charge in [0.2, 0.25) is 0 Å². The largest absolute Gasteiger partial charge is 0.382 e. The molecule has 0 saturated heterocycles. The molecule has 0 amide bonds. The molecule has 0 fully saturated rings. The SMILES string of the molecule is COCCOCCCNCc1cc(C#N)n(C)c1C. The van der Waals surface area contributed by atoms with E-state index >= 15 is 0 Å². The van der Waals surface area contributed by atoms with Crippen LogP contribution in [0.1, 0.15) is 23.4 Å². The van der Waals surface area contributed by atoms with E-state index in [1.807, 2.05) is 24.6 Å². The molecule has 0 atom stereocenters. The van der Waals surface area contributed by atoms with Gasteiger partial charge in [-0.25, -0.2) is 0 Å². The molecular formula is C14H23N3O2. The maximum absolute atomic E-state index is 8.95. The third-order valence-corrected chi connectivity index (χ3v) is 3.14. The normalized spacial score (nSPS) is 10.6. The van der Waals surface area contributed by atoms with Crippen molar-refractivity contribution in [3.8, 4) is 6.07 Å². The van der Waals surface area contributed by atoms with E-state index in [9.17, 15) is 0 Å². The van der Waals surface area contributed by atoms with E-state index in [0.29, 0.717) is 18.9 Å². The Bertz CT molecular complexity index is 421. The summed E-state index contributed by atoms with van der Waals surface area (Å²) in [7, 11) is 3.59. The second kappa shape index (κ2) is 8.70. The lowest BCUT2D eigenvalue weighted by Crippen LogP contribution is -2.17. The van der Waals surface area contributed by atoms with Gasteiger partial charge in [0.1, 0.15) is 11.8 Å². The minimum Gasteiger partial charge on any atom is -0.382 e. The highest BCUT2D eigenvalue weighted by Gasteiger charge is 2.07. The average molecular weight is 265 g/mol. The van der Waals surface area contributed by atoms with E-state index in [1.54, 1.807) is 7.11 Å².